The van der Waals surface area contributed by atoms with Crippen LogP contribution in [0, 0.1) is 0 Å². The van der Waals surface area contributed by atoms with Gasteiger partial charge in [0.1, 0.15) is 0 Å². The van der Waals surface area contributed by atoms with Gasteiger partial charge >= 0.3 is 0 Å². The minimum Gasteiger partial charge on any atom is -0.681 e. The second-order valence-corrected chi connectivity index (χ2v) is 1.33. The van der Waals surface area contributed by atoms with Crippen molar-refractivity contribution in [3.05, 3.63) is 5.32 Å². The Hall–Kier alpha value is 0.994. The normalized spacial score (nSPS) is 5.67. The second-order valence-electron chi connectivity index (χ2n) is 0.743. The Bertz CT molecular complexity index is 46.1. The van der Waals surface area contributed by atoms with Gasteiger partial charge in [-0.15, -0.1) is 19.3 Å². The minimum absolute atomic E-state index is 0. The van der Waals surface area contributed by atoms with E-state index in [2.05, 4.69) is 17.5 Å². The summed E-state index contributed by atoms with van der Waals surface area (Å²) in [4.78, 5) is 0.713. The molecular formula is C3H6NSY-. The fraction of sp³-hybridized carbons (Fsp3) is 0.667. The first-order chi connectivity index (χ1) is 2.27. The van der Waals surface area contributed by atoms with Crippen molar-refractivity contribution in [1.29, 1.82) is 0 Å². The van der Waals surface area contributed by atoms with Gasteiger partial charge in [0.25, 0.3) is 0 Å². The zero-order valence-electron chi connectivity index (χ0n) is 3.93. The van der Waals surface area contributed by atoms with Crippen molar-refractivity contribution < 1.29 is 32.7 Å². The van der Waals surface area contributed by atoms with E-state index in [0.29, 0.717) is 4.99 Å². The first-order valence-corrected chi connectivity index (χ1v) is 1.78. The summed E-state index contributed by atoms with van der Waals surface area (Å²) in [5.41, 5.74) is 0. The molecule has 0 heterocycles. The molecule has 0 saturated heterocycles. The van der Waals surface area contributed by atoms with Crippen molar-refractivity contribution in [1.82, 2.24) is 0 Å². The molecule has 6 heavy (non-hydrogen) atoms. The van der Waals surface area contributed by atoms with Gasteiger partial charge in [-0.25, -0.2) is 0 Å². The molecule has 0 saturated carbocycles. The third-order valence-electron chi connectivity index (χ3n) is 0.315. The quantitative estimate of drug-likeness (QED) is 0.509. The minimum atomic E-state index is 0. The van der Waals surface area contributed by atoms with Crippen molar-refractivity contribution >= 4 is 17.2 Å². The summed E-state index contributed by atoms with van der Waals surface area (Å²) in [6.45, 7) is 1.79. The Morgan fingerprint density at radius 1 is 1.67 bits per heavy atom. The molecule has 33 valence electrons. The summed E-state index contributed by atoms with van der Waals surface area (Å²) in [7, 11) is 1.68. The summed E-state index contributed by atoms with van der Waals surface area (Å²) < 4.78 is 0. The molecule has 1 radical (unpaired) electrons. The predicted molar refractivity (Wildman–Crippen MR) is 27.6 cm³/mol. The zero-order valence-corrected chi connectivity index (χ0v) is 7.59. The van der Waals surface area contributed by atoms with Crippen LogP contribution in [0.4, 0.5) is 0 Å². The van der Waals surface area contributed by atoms with Crippen LogP contribution in [0.1, 0.15) is 6.92 Å². The van der Waals surface area contributed by atoms with Crippen LogP contribution in [0.2, 0.25) is 0 Å². The summed E-state index contributed by atoms with van der Waals surface area (Å²) in [6.07, 6.45) is 0. The van der Waals surface area contributed by atoms with Crippen LogP contribution < -0.4 is 0 Å². The monoisotopic (exact) mass is 177 g/mol. The van der Waals surface area contributed by atoms with Crippen molar-refractivity contribution in [2.75, 3.05) is 7.05 Å². The van der Waals surface area contributed by atoms with Crippen LogP contribution in [0.15, 0.2) is 0 Å². The molecule has 1 nitrogen and oxygen atoms in total. The van der Waals surface area contributed by atoms with Gasteiger partial charge in [-0.1, -0.05) is 11.9 Å². The van der Waals surface area contributed by atoms with E-state index in [9.17, 15) is 0 Å². The molecule has 0 aromatic carbocycles. The first-order valence-electron chi connectivity index (χ1n) is 1.37. The van der Waals surface area contributed by atoms with Crippen molar-refractivity contribution in [3.8, 4) is 0 Å². The van der Waals surface area contributed by atoms with Gasteiger partial charge in [0.15, 0.2) is 0 Å². The molecule has 0 aliphatic heterocycles. The summed E-state index contributed by atoms with van der Waals surface area (Å²) >= 11 is 4.53. The standard InChI is InChI=1S/C3H7NS.Y/c1-3(5)4-2;/h1-2H3,(H,4,5);/p-1. The Kier molecular flexibility index (Phi) is 10.1. The van der Waals surface area contributed by atoms with E-state index in [4.69, 9.17) is 0 Å². The van der Waals surface area contributed by atoms with Gasteiger partial charge < -0.3 is 5.32 Å². The van der Waals surface area contributed by atoms with E-state index in [-0.39, 0.29) is 32.7 Å². The maximum absolute atomic E-state index is 4.53. The van der Waals surface area contributed by atoms with E-state index >= 15 is 0 Å². The second kappa shape index (κ2) is 5.99. The fourth-order valence-electron chi connectivity index (χ4n) is 0. The van der Waals surface area contributed by atoms with Gasteiger partial charge in [0, 0.05) is 32.7 Å². The SMILES string of the molecule is C[N-]C(C)=S.[Y]. The Morgan fingerprint density at radius 2 is 1.83 bits per heavy atom. The Labute approximate surface area is 68.8 Å². The summed E-state index contributed by atoms with van der Waals surface area (Å²) in [6, 6.07) is 0. The topological polar surface area (TPSA) is 14.1 Å². The molecule has 0 unspecified atom stereocenters. The Morgan fingerprint density at radius 3 is 1.83 bits per heavy atom. The molecule has 0 aromatic heterocycles. The van der Waals surface area contributed by atoms with E-state index < -0.39 is 0 Å². The van der Waals surface area contributed by atoms with Gasteiger partial charge in [-0.05, 0) is 0 Å². The summed E-state index contributed by atoms with van der Waals surface area (Å²) in [5, 5.41) is 3.62. The maximum atomic E-state index is 4.53. The van der Waals surface area contributed by atoms with Crippen LogP contribution in [0.5, 0.6) is 0 Å². The molecular weight excluding hydrogens is 171 g/mol. The molecule has 0 atom stereocenters. The smallest absolute Gasteiger partial charge is 0 e. The number of hydrogen-bond donors (Lipinski definition) is 0. The molecule has 0 amide bonds. The van der Waals surface area contributed by atoms with Gasteiger partial charge in [0.05, 0.1) is 0 Å². The molecule has 0 aliphatic carbocycles. The predicted octanol–water partition coefficient (Wildman–Crippen LogP) is 1.33. The van der Waals surface area contributed by atoms with Crippen LogP contribution in [0.3, 0.4) is 0 Å². The van der Waals surface area contributed by atoms with Crippen LogP contribution >= 0.6 is 12.2 Å². The van der Waals surface area contributed by atoms with Crippen LogP contribution in [-0.4, -0.2) is 12.0 Å². The largest absolute Gasteiger partial charge is 0.681 e. The van der Waals surface area contributed by atoms with Crippen LogP contribution in [0.25, 0.3) is 5.32 Å². The van der Waals surface area contributed by atoms with E-state index in [1.165, 1.54) is 0 Å². The van der Waals surface area contributed by atoms with E-state index in [1.54, 1.807) is 14.0 Å². The molecule has 0 N–H and O–H groups in total. The van der Waals surface area contributed by atoms with Gasteiger partial charge in [0.2, 0.25) is 0 Å². The number of hydrogen-bond acceptors (Lipinski definition) is 1. The van der Waals surface area contributed by atoms with Gasteiger partial charge in [-0.2, -0.15) is 0 Å². The van der Waals surface area contributed by atoms with E-state index in [1.807, 2.05) is 0 Å². The van der Waals surface area contributed by atoms with Crippen molar-refractivity contribution in [2.24, 2.45) is 0 Å². The van der Waals surface area contributed by atoms with Crippen molar-refractivity contribution in [2.45, 2.75) is 6.92 Å². The van der Waals surface area contributed by atoms with Crippen molar-refractivity contribution in [3.63, 3.8) is 0 Å². The Balaban J connectivity index is 0. The average Bonchev–Trinajstić information content (AvgIpc) is 1.38. The third-order valence-corrected chi connectivity index (χ3v) is 0.497. The average molecular weight is 177 g/mol. The molecule has 3 heteroatoms. The molecule has 0 aromatic rings. The van der Waals surface area contributed by atoms with Crippen LogP contribution in [-0.2, 0) is 32.7 Å². The molecule has 0 fully saturated rings. The molecule has 0 rings (SSSR count). The molecule has 0 bridgehead atoms. The maximum Gasteiger partial charge on any atom is 0 e. The zero-order chi connectivity index (χ0) is 4.28. The third kappa shape index (κ3) is 8.89. The number of rotatable bonds is 0. The number of thiocarbonyl (C=S) groups is 1. The molecule has 0 aliphatic rings. The fourth-order valence-corrected chi connectivity index (χ4v) is 0. The first kappa shape index (κ1) is 10.1. The van der Waals surface area contributed by atoms with Gasteiger partial charge in [-0.3, -0.25) is 0 Å². The van der Waals surface area contributed by atoms with E-state index in [0.717, 1.165) is 0 Å². The molecule has 0 spiro atoms. The number of nitrogens with zero attached hydrogens (tertiary/aromatic N) is 1. The summed E-state index contributed by atoms with van der Waals surface area (Å²) in [5.74, 6) is 0.